The number of ketones is 1. The van der Waals surface area contributed by atoms with E-state index in [1.54, 1.807) is 6.07 Å². The van der Waals surface area contributed by atoms with Gasteiger partial charge in [-0.1, -0.05) is 23.7 Å². The van der Waals surface area contributed by atoms with Gasteiger partial charge in [-0.05, 0) is 24.5 Å². The molecule has 1 amide bonds. The molecule has 10 heteroatoms. The summed E-state index contributed by atoms with van der Waals surface area (Å²) in [6, 6.07) is 9.72. The second kappa shape index (κ2) is 7.92. The molecule has 1 unspecified atom stereocenters. The SMILES string of the molecule is O=C1CCCC2=C1C(c1cccc([N+](=O)[O-])c1)CC(=O)N2c1cc([N+](=O)[O-])ccc1Cl. The number of non-ortho nitro benzene ring substituents is 2. The van der Waals surface area contributed by atoms with Gasteiger partial charge in [-0.15, -0.1) is 0 Å². The zero-order valence-electron chi connectivity index (χ0n) is 16.1. The number of rotatable bonds is 4. The van der Waals surface area contributed by atoms with E-state index in [0.717, 1.165) is 0 Å². The minimum Gasteiger partial charge on any atom is -0.294 e. The summed E-state index contributed by atoms with van der Waals surface area (Å²) >= 11 is 6.28. The highest BCUT2D eigenvalue weighted by Crippen LogP contribution is 2.45. The summed E-state index contributed by atoms with van der Waals surface area (Å²) in [5.41, 5.74) is 1.17. The molecular formula is C21H16ClN3O6. The van der Waals surface area contributed by atoms with E-state index in [-0.39, 0.29) is 40.2 Å². The molecule has 1 heterocycles. The molecule has 1 aliphatic heterocycles. The molecule has 4 rings (SSSR count). The van der Waals surface area contributed by atoms with Crippen LogP contribution < -0.4 is 4.90 Å². The van der Waals surface area contributed by atoms with Gasteiger partial charge in [-0.25, -0.2) is 0 Å². The zero-order chi connectivity index (χ0) is 22.3. The summed E-state index contributed by atoms with van der Waals surface area (Å²) in [6.07, 6.45) is 1.13. The van der Waals surface area contributed by atoms with Gasteiger partial charge in [0, 0.05) is 54.3 Å². The lowest BCUT2D eigenvalue weighted by molar-refractivity contribution is -0.385. The molecule has 158 valence electrons. The van der Waals surface area contributed by atoms with Gasteiger partial charge in [-0.2, -0.15) is 0 Å². The van der Waals surface area contributed by atoms with E-state index in [9.17, 15) is 29.8 Å². The number of carbonyl (C=O) groups is 2. The molecule has 2 aliphatic rings. The standard InChI is InChI=1S/C21H16ClN3O6/c22-16-8-7-14(25(30)31)10-18(16)23-17-5-2-6-19(26)21(17)15(11-20(23)27)12-3-1-4-13(9-12)24(28)29/h1,3-4,7-10,15H,2,5-6,11H2. The minimum atomic E-state index is -0.621. The second-order valence-corrected chi connectivity index (χ2v) is 7.78. The molecule has 0 aromatic heterocycles. The van der Waals surface area contributed by atoms with Crippen LogP contribution in [0.3, 0.4) is 0 Å². The van der Waals surface area contributed by atoms with Crippen molar-refractivity contribution in [3.8, 4) is 0 Å². The number of nitro groups is 2. The molecule has 31 heavy (non-hydrogen) atoms. The number of nitro benzene ring substituents is 2. The fraction of sp³-hybridized carbons (Fsp3) is 0.238. The highest BCUT2D eigenvalue weighted by atomic mass is 35.5. The van der Waals surface area contributed by atoms with Crippen molar-refractivity contribution in [3.05, 3.63) is 84.5 Å². The van der Waals surface area contributed by atoms with E-state index in [1.807, 2.05) is 0 Å². The summed E-state index contributed by atoms with van der Waals surface area (Å²) in [4.78, 5) is 48.7. The van der Waals surface area contributed by atoms with Crippen LogP contribution in [0.2, 0.25) is 5.02 Å². The van der Waals surface area contributed by atoms with E-state index in [4.69, 9.17) is 11.6 Å². The molecule has 0 radical (unpaired) electrons. The van der Waals surface area contributed by atoms with Gasteiger partial charge >= 0.3 is 0 Å². The van der Waals surface area contributed by atoms with Crippen LogP contribution >= 0.6 is 11.6 Å². The normalized spacial score (nSPS) is 18.7. The number of allylic oxidation sites excluding steroid dienone is 2. The number of anilines is 1. The first-order chi connectivity index (χ1) is 14.8. The zero-order valence-corrected chi connectivity index (χ0v) is 16.9. The summed E-state index contributed by atoms with van der Waals surface area (Å²) in [6.45, 7) is 0. The Kier molecular flexibility index (Phi) is 5.28. The molecule has 2 aromatic carbocycles. The molecule has 0 saturated heterocycles. The lowest BCUT2D eigenvalue weighted by atomic mass is 9.77. The largest absolute Gasteiger partial charge is 0.294 e. The highest BCUT2D eigenvalue weighted by Gasteiger charge is 2.40. The van der Waals surface area contributed by atoms with Crippen LogP contribution in [0.1, 0.15) is 37.2 Å². The Balaban J connectivity index is 1.88. The van der Waals surface area contributed by atoms with Crippen LogP contribution in [0.4, 0.5) is 17.1 Å². The van der Waals surface area contributed by atoms with Crippen LogP contribution in [0, 0.1) is 20.2 Å². The number of Topliss-reactive ketones (excluding diaryl/α,β-unsaturated/α-hetero) is 1. The summed E-state index contributed by atoms with van der Waals surface area (Å²) in [5.74, 6) is -1.15. The summed E-state index contributed by atoms with van der Waals surface area (Å²) in [5, 5.41) is 22.6. The maximum atomic E-state index is 13.2. The summed E-state index contributed by atoms with van der Waals surface area (Å²) in [7, 11) is 0. The Morgan fingerprint density at radius 3 is 2.39 bits per heavy atom. The fourth-order valence-corrected chi connectivity index (χ4v) is 4.40. The quantitative estimate of drug-likeness (QED) is 0.501. The van der Waals surface area contributed by atoms with Crippen molar-refractivity contribution in [2.24, 2.45) is 0 Å². The molecule has 0 fully saturated rings. The van der Waals surface area contributed by atoms with Crippen molar-refractivity contribution in [1.29, 1.82) is 0 Å². The molecule has 1 atom stereocenters. The van der Waals surface area contributed by atoms with E-state index >= 15 is 0 Å². The number of amides is 1. The van der Waals surface area contributed by atoms with Gasteiger partial charge in [0.05, 0.1) is 20.6 Å². The van der Waals surface area contributed by atoms with Crippen LogP contribution in [0.15, 0.2) is 53.7 Å². The molecule has 0 N–H and O–H groups in total. The lowest BCUT2D eigenvalue weighted by Gasteiger charge is -2.38. The minimum absolute atomic E-state index is 0.106. The third kappa shape index (κ3) is 3.68. The van der Waals surface area contributed by atoms with Crippen molar-refractivity contribution < 1.29 is 19.4 Å². The van der Waals surface area contributed by atoms with E-state index in [1.165, 1.54) is 41.3 Å². The Morgan fingerprint density at radius 2 is 1.68 bits per heavy atom. The van der Waals surface area contributed by atoms with Crippen LogP contribution in [-0.2, 0) is 9.59 Å². The molecule has 1 aliphatic carbocycles. The number of halogens is 1. The molecule has 0 spiro atoms. The van der Waals surface area contributed by atoms with E-state index in [2.05, 4.69) is 0 Å². The number of nitrogens with zero attached hydrogens (tertiary/aromatic N) is 3. The average molecular weight is 442 g/mol. The third-order valence-electron chi connectivity index (χ3n) is 5.54. The first kappa shape index (κ1) is 20.7. The number of hydrogen-bond donors (Lipinski definition) is 0. The number of carbonyl (C=O) groups excluding carboxylic acids is 2. The van der Waals surface area contributed by atoms with Gasteiger partial charge in [0.15, 0.2) is 5.78 Å². The van der Waals surface area contributed by atoms with Gasteiger partial charge < -0.3 is 0 Å². The average Bonchev–Trinajstić information content (AvgIpc) is 2.74. The Labute approximate surface area is 181 Å². The van der Waals surface area contributed by atoms with Crippen molar-refractivity contribution >= 4 is 40.4 Å². The van der Waals surface area contributed by atoms with Crippen LogP contribution in [-0.4, -0.2) is 21.5 Å². The first-order valence-corrected chi connectivity index (χ1v) is 9.93. The van der Waals surface area contributed by atoms with E-state index in [0.29, 0.717) is 36.1 Å². The number of hydrogen-bond acceptors (Lipinski definition) is 6. The topological polar surface area (TPSA) is 124 Å². The van der Waals surface area contributed by atoms with Gasteiger partial charge in [0.25, 0.3) is 11.4 Å². The van der Waals surface area contributed by atoms with Gasteiger partial charge in [-0.3, -0.25) is 34.7 Å². The summed E-state index contributed by atoms with van der Waals surface area (Å²) < 4.78 is 0. The lowest BCUT2D eigenvalue weighted by Crippen LogP contribution is -2.40. The second-order valence-electron chi connectivity index (χ2n) is 7.37. The molecule has 0 bridgehead atoms. The highest BCUT2D eigenvalue weighted by molar-refractivity contribution is 6.34. The van der Waals surface area contributed by atoms with Crippen molar-refractivity contribution in [2.75, 3.05) is 4.90 Å². The maximum absolute atomic E-state index is 13.2. The molecular weight excluding hydrogens is 426 g/mol. The molecule has 2 aromatic rings. The van der Waals surface area contributed by atoms with Crippen molar-refractivity contribution in [2.45, 2.75) is 31.6 Å². The monoisotopic (exact) mass is 441 g/mol. The fourth-order valence-electron chi connectivity index (χ4n) is 4.20. The maximum Gasteiger partial charge on any atom is 0.271 e. The predicted octanol–water partition coefficient (Wildman–Crippen LogP) is 4.68. The number of benzene rings is 2. The molecule has 0 saturated carbocycles. The Bertz CT molecular complexity index is 1180. The van der Waals surface area contributed by atoms with Gasteiger partial charge in [0.1, 0.15) is 0 Å². The first-order valence-electron chi connectivity index (χ1n) is 9.55. The Hall–Kier alpha value is -3.59. The van der Waals surface area contributed by atoms with Crippen LogP contribution in [0.5, 0.6) is 0 Å². The van der Waals surface area contributed by atoms with E-state index < -0.39 is 15.8 Å². The smallest absolute Gasteiger partial charge is 0.271 e. The van der Waals surface area contributed by atoms with Crippen molar-refractivity contribution in [1.82, 2.24) is 0 Å². The van der Waals surface area contributed by atoms with Crippen LogP contribution in [0.25, 0.3) is 0 Å². The molecule has 9 nitrogen and oxygen atoms in total. The predicted molar refractivity (Wildman–Crippen MR) is 112 cm³/mol. The van der Waals surface area contributed by atoms with Crippen molar-refractivity contribution in [3.63, 3.8) is 0 Å². The third-order valence-corrected chi connectivity index (χ3v) is 5.86. The van der Waals surface area contributed by atoms with Gasteiger partial charge in [0.2, 0.25) is 5.91 Å². The Morgan fingerprint density at radius 1 is 0.968 bits per heavy atom.